The smallest absolute Gasteiger partial charge is 1.00 e. The van der Waals surface area contributed by atoms with Gasteiger partial charge in [0.25, 0.3) is 0 Å². The first kappa shape index (κ1) is 20.1. The van der Waals surface area contributed by atoms with Crippen molar-refractivity contribution >= 4 is 43.7 Å². The van der Waals surface area contributed by atoms with Crippen molar-refractivity contribution < 1.29 is 12.8 Å². The molecule has 0 amide bonds. The van der Waals surface area contributed by atoms with E-state index in [-0.39, 0.29) is 40.6 Å². The maximum Gasteiger partial charge on any atom is 2.00 e. The molecule has 0 aromatic carbocycles. The molecular formula is C14H30CaO2. The number of unbranched alkanes of at least 4 members (excludes halogenated alkanes) is 10. The predicted molar refractivity (Wildman–Crippen MR) is 76.7 cm³/mol. The molecule has 0 saturated heterocycles. The van der Waals surface area contributed by atoms with Gasteiger partial charge in [0.15, 0.2) is 0 Å². The molecule has 0 aliphatic rings. The van der Waals surface area contributed by atoms with E-state index in [1.165, 1.54) is 57.8 Å². The third-order valence-electron chi connectivity index (χ3n) is 2.99. The van der Waals surface area contributed by atoms with E-state index in [0.717, 1.165) is 12.8 Å². The van der Waals surface area contributed by atoms with Crippen molar-refractivity contribution in [2.75, 3.05) is 0 Å². The maximum atomic E-state index is 10.3. The number of carboxylic acids is 1. The third-order valence-corrected chi connectivity index (χ3v) is 2.99. The minimum atomic E-state index is -0.657. The van der Waals surface area contributed by atoms with Gasteiger partial charge in [-0.2, -0.15) is 0 Å². The first-order chi connectivity index (χ1) is 7.77. The van der Waals surface area contributed by atoms with E-state index < -0.39 is 5.97 Å². The van der Waals surface area contributed by atoms with E-state index in [1.807, 2.05) is 0 Å². The zero-order valence-corrected chi connectivity index (χ0v) is 13.8. The standard InChI is InChI=1S/C14H28O2.Ca.2H/c1-2-3-4-5-6-7-8-9-10-11-12-13-14(15)16;;;/h2-13H2,1H3,(H,15,16);;;/q;+2;2*-1. The molecule has 0 bridgehead atoms. The van der Waals surface area contributed by atoms with Gasteiger partial charge in [-0.3, -0.25) is 4.79 Å². The Morgan fingerprint density at radius 2 is 1.18 bits per heavy atom. The normalized spacial score (nSPS) is 9.94. The Bertz CT molecular complexity index is 170. The second-order valence-electron chi connectivity index (χ2n) is 4.68. The number of carboxylic acid groups (broad SMARTS) is 1. The fourth-order valence-corrected chi connectivity index (χ4v) is 1.94. The molecule has 0 aromatic rings. The average Bonchev–Trinajstić information content (AvgIpc) is 2.25. The molecule has 0 fully saturated rings. The van der Waals surface area contributed by atoms with Crippen LogP contribution < -0.4 is 0 Å². The summed E-state index contributed by atoms with van der Waals surface area (Å²) >= 11 is 0. The van der Waals surface area contributed by atoms with Gasteiger partial charge in [0, 0.05) is 6.42 Å². The molecule has 17 heavy (non-hydrogen) atoms. The molecule has 0 radical (unpaired) electrons. The van der Waals surface area contributed by atoms with Crippen LogP contribution in [0.2, 0.25) is 0 Å². The third kappa shape index (κ3) is 19.3. The van der Waals surface area contributed by atoms with Crippen molar-refractivity contribution in [2.45, 2.75) is 84.0 Å². The summed E-state index contributed by atoms with van der Waals surface area (Å²) in [6.45, 7) is 2.25. The summed E-state index contributed by atoms with van der Waals surface area (Å²) in [6, 6.07) is 0. The molecule has 0 saturated carbocycles. The van der Waals surface area contributed by atoms with Crippen LogP contribution in [0.25, 0.3) is 0 Å². The SMILES string of the molecule is CCCCCCCCCCCCCC(=O)O.[Ca+2].[H-].[H-]. The van der Waals surface area contributed by atoms with Crippen LogP contribution >= 0.6 is 0 Å². The Kier molecular flexibility index (Phi) is 19.7. The number of hydrogen-bond donors (Lipinski definition) is 1. The second-order valence-corrected chi connectivity index (χ2v) is 4.68. The Morgan fingerprint density at radius 1 is 0.824 bits per heavy atom. The summed E-state index contributed by atoms with van der Waals surface area (Å²) in [5, 5.41) is 8.46. The van der Waals surface area contributed by atoms with Gasteiger partial charge in [0.2, 0.25) is 0 Å². The van der Waals surface area contributed by atoms with Crippen LogP contribution in [-0.4, -0.2) is 48.8 Å². The summed E-state index contributed by atoms with van der Waals surface area (Å²) < 4.78 is 0. The summed E-state index contributed by atoms with van der Waals surface area (Å²) in [7, 11) is 0. The second kappa shape index (κ2) is 16.7. The van der Waals surface area contributed by atoms with Crippen LogP contribution in [0.5, 0.6) is 0 Å². The zero-order chi connectivity index (χ0) is 12.1. The van der Waals surface area contributed by atoms with Crippen LogP contribution in [0.4, 0.5) is 0 Å². The molecule has 3 heteroatoms. The van der Waals surface area contributed by atoms with Crippen LogP contribution in [0.1, 0.15) is 86.8 Å². The molecule has 100 valence electrons. The first-order valence-electron chi connectivity index (χ1n) is 6.99. The molecule has 1 N–H and O–H groups in total. The van der Waals surface area contributed by atoms with E-state index in [1.54, 1.807) is 0 Å². The number of hydrogen-bond acceptors (Lipinski definition) is 1. The molecule has 0 aliphatic heterocycles. The van der Waals surface area contributed by atoms with Crippen molar-refractivity contribution in [2.24, 2.45) is 0 Å². The molecule has 0 aliphatic carbocycles. The van der Waals surface area contributed by atoms with Crippen LogP contribution in [0.15, 0.2) is 0 Å². The van der Waals surface area contributed by atoms with Crippen molar-refractivity contribution in [1.82, 2.24) is 0 Å². The maximum absolute atomic E-state index is 10.3. The summed E-state index contributed by atoms with van der Waals surface area (Å²) in [4.78, 5) is 10.3. The quantitative estimate of drug-likeness (QED) is 0.415. The fraction of sp³-hybridized carbons (Fsp3) is 0.929. The number of aliphatic carboxylic acids is 1. The van der Waals surface area contributed by atoms with Crippen LogP contribution in [-0.2, 0) is 4.79 Å². The molecule has 0 rings (SSSR count). The molecule has 0 heterocycles. The minimum Gasteiger partial charge on any atom is -1.00 e. The van der Waals surface area contributed by atoms with E-state index >= 15 is 0 Å². The van der Waals surface area contributed by atoms with Gasteiger partial charge >= 0.3 is 43.7 Å². The summed E-state index contributed by atoms with van der Waals surface area (Å²) in [5.41, 5.74) is 0. The van der Waals surface area contributed by atoms with Gasteiger partial charge in [-0.25, -0.2) is 0 Å². The van der Waals surface area contributed by atoms with Gasteiger partial charge < -0.3 is 7.96 Å². The number of rotatable bonds is 12. The predicted octanol–water partition coefficient (Wildman–Crippen LogP) is 4.62. The Morgan fingerprint density at radius 3 is 1.53 bits per heavy atom. The summed E-state index contributed by atoms with van der Waals surface area (Å²) in [5.74, 6) is -0.657. The van der Waals surface area contributed by atoms with Gasteiger partial charge in [-0.15, -0.1) is 0 Å². The molecule has 2 nitrogen and oxygen atoms in total. The van der Waals surface area contributed by atoms with Crippen molar-refractivity contribution in [3.8, 4) is 0 Å². The van der Waals surface area contributed by atoms with Crippen molar-refractivity contribution in [3.05, 3.63) is 0 Å². The summed E-state index contributed by atoms with van der Waals surface area (Å²) in [6.07, 6.45) is 14.4. The minimum absolute atomic E-state index is 0. The van der Waals surface area contributed by atoms with Crippen molar-refractivity contribution in [1.29, 1.82) is 0 Å². The monoisotopic (exact) mass is 270 g/mol. The Balaban J connectivity index is -0.000000375. The largest absolute Gasteiger partial charge is 2.00 e. The number of carbonyl (C=O) groups is 1. The Labute approximate surface area is 140 Å². The topological polar surface area (TPSA) is 37.3 Å². The van der Waals surface area contributed by atoms with E-state index in [9.17, 15) is 4.79 Å². The molecular weight excluding hydrogens is 240 g/mol. The van der Waals surface area contributed by atoms with Gasteiger partial charge in [-0.1, -0.05) is 71.1 Å². The fourth-order valence-electron chi connectivity index (χ4n) is 1.94. The Hall–Kier alpha value is 0.730. The molecule has 0 atom stereocenters. The molecule has 0 aromatic heterocycles. The van der Waals surface area contributed by atoms with Crippen LogP contribution in [0, 0.1) is 0 Å². The average molecular weight is 270 g/mol. The van der Waals surface area contributed by atoms with Crippen molar-refractivity contribution in [3.63, 3.8) is 0 Å². The zero-order valence-electron chi connectivity index (χ0n) is 13.5. The van der Waals surface area contributed by atoms with Gasteiger partial charge in [0.05, 0.1) is 0 Å². The van der Waals surface area contributed by atoms with E-state index in [2.05, 4.69) is 6.92 Å². The van der Waals surface area contributed by atoms with Crippen LogP contribution in [0.3, 0.4) is 0 Å². The first-order valence-corrected chi connectivity index (χ1v) is 6.99. The van der Waals surface area contributed by atoms with E-state index in [4.69, 9.17) is 5.11 Å². The van der Waals surface area contributed by atoms with E-state index in [0.29, 0.717) is 6.42 Å². The molecule has 0 spiro atoms. The van der Waals surface area contributed by atoms with Gasteiger partial charge in [0.1, 0.15) is 0 Å². The molecule has 0 unspecified atom stereocenters. The van der Waals surface area contributed by atoms with Gasteiger partial charge in [-0.05, 0) is 6.42 Å².